The van der Waals surface area contributed by atoms with E-state index in [2.05, 4.69) is 33.6 Å². The third kappa shape index (κ3) is 2.57. The van der Waals surface area contributed by atoms with Crippen LogP contribution in [0.25, 0.3) is 0 Å². The number of para-hydroxylation sites is 1. The van der Waals surface area contributed by atoms with Gasteiger partial charge in [0.15, 0.2) is 6.10 Å². The van der Waals surface area contributed by atoms with Crippen molar-refractivity contribution in [3.8, 4) is 0 Å². The molecule has 0 bridgehead atoms. The van der Waals surface area contributed by atoms with Gasteiger partial charge in [-0.3, -0.25) is 0 Å². The van der Waals surface area contributed by atoms with Gasteiger partial charge in [0.25, 0.3) is 0 Å². The van der Waals surface area contributed by atoms with E-state index >= 15 is 0 Å². The van der Waals surface area contributed by atoms with Crippen molar-refractivity contribution in [3.63, 3.8) is 0 Å². The second kappa shape index (κ2) is 5.59. The van der Waals surface area contributed by atoms with Gasteiger partial charge in [-0.15, -0.1) is 0 Å². The van der Waals surface area contributed by atoms with Crippen molar-refractivity contribution in [2.24, 2.45) is 5.16 Å². The van der Waals surface area contributed by atoms with Gasteiger partial charge in [0.2, 0.25) is 0 Å². The zero-order valence-electron chi connectivity index (χ0n) is 10.9. The Morgan fingerprint density at radius 2 is 2.11 bits per heavy atom. The molecule has 19 heavy (non-hydrogen) atoms. The molecule has 1 atom stereocenters. The highest BCUT2D eigenvalue weighted by Crippen LogP contribution is 2.26. The average molecular weight is 261 g/mol. The van der Waals surface area contributed by atoms with Crippen molar-refractivity contribution in [1.82, 2.24) is 5.32 Å². The van der Waals surface area contributed by atoms with Crippen LogP contribution in [0.5, 0.6) is 0 Å². The van der Waals surface area contributed by atoms with Gasteiger partial charge >= 0.3 is 0 Å². The van der Waals surface area contributed by atoms with E-state index in [9.17, 15) is 0 Å². The van der Waals surface area contributed by atoms with Crippen molar-refractivity contribution < 1.29 is 9.94 Å². The first-order valence-corrected chi connectivity index (χ1v) is 6.77. The normalized spacial score (nSPS) is 23.1. The van der Waals surface area contributed by atoms with Crippen molar-refractivity contribution in [1.29, 1.82) is 0 Å². The Balaban J connectivity index is 1.85. The second-order valence-electron chi connectivity index (χ2n) is 4.91. The Hall–Kier alpha value is -1.59. The Kier molecular flexibility index (Phi) is 3.66. The molecule has 0 aliphatic carbocycles. The molecule has 1 aromatic carbocycles. The van der Waals surface area contributed by atoms with Crippen LogP contribution in [-0.2, 0) is 4.84 Å². The predicted octanol–water partition coefficient (Wildman–Crippen LogP) is 0.581. The molecule has 1 aromatic rings. The van der Waals surface area contributed by atoms with E-state index < -0.39 is 0 Å². The van der Waals surface area contributed by atoms with Gasteiger partial charge in [0.05, 0.1) is 12.3 Å². The van der Waals surface area contributed by atoms with E-state index in [0.717, 1.165) is 37.5 Å². The van der Waals surface area contributed by atoms with Gasteiger partial charge in [0.1, 0.15) is 0 Å². The maximum Gasteiger partial charge on any atom is 0.156 e. The smallest absolute Gasteiger partial charge is 0.156 e. The highest BCUT2D eigenvalue weighted by atomic mass is 16.6. The first-order chi connectivity index (χ1) is 9.38. The number of hydrogen-bond acceptors (Lipinski definition) is 5. The summed E-state index contributed by atoms with van der Waals surface area (Å²) in [5, 5.41) is 16.6. The van der Waals surface area contributed by atoms with Crippen LogP contribution in [0.1, 0.15) is 12.0 Å². The molecule has 0 amide bonds. The number of rotatable bonds is 3. The van der Waals surface area contributed by atoms with Crippen LogP contribution in [0.3, 0.4) is 0 Å². The molecular weight excluding hydrogens is 242 g/mol. The van der Waals surface area contributed by atoms with Crippen LogP contribution in [0.15, 0.2) is 29.4 Å². The summed E-state index contributed by atoms with van der Waals surface area (Å²) < 4.78 is 0. The van der Waals surface area contributed by atoms with E-state index in [1.807, 2.05) is 6.07 Å². The minimum atomic E-state index is -0.189. The van der Waals surface area contributed by atoms with E-state index in [1.54, 1.807) is 0 Å². The zero-order chi connectivity index (χ0) is 13.1. The van der Waals surface area contributed by atoms with Crippen molar-refractivity contribution in [3.05, 3.63) is 29.8 Å². The van der Waals surface area contributed by atoms with Gasteiger partial charge in [-0.2, -0.15) is 0 Å². The Bertz CT molecular complexity index is 470. The summed E-state index contributed by atoms with van der Waals surface area (Å²) in [6.07, 6.45) is 0.491. The average Bonchev–Trinajstić information content (AvgIpc) is 2.97. The number of benzene rings is 1. The fourth-order valence-corrected chi connectivity index (χ4v) is 2.58. The number of piperazine rings is 1. The lowest BCUT2D eigenvalue weighted by atomic mass is 10.0. The third-order valence-corrected chi connectivity index (χ3v) is 3.61. The molecule has 2 aliphatic heterocycles. The van der Waals surface area contributed by atoms with Crippen LogP contribution in [0.2, 0.25) is 0 Å². The monoisotopic (exact) mass is 261 g/mol. The number of nitrogens with one attached hydrogen (secondary N) is 1. The van der Waals surface area contributed by atoms with Crippen molar-refractivity contribution >= 4 is 11.4 Å². The molecule has 1 unspecified atom stereocenters. The first kappa shape index (κ1) is 12.4. The number of nitrogens with zero attached hydrogens (tertiary/aromatic N) is 2. The third-order valence-electron chi connectivity index (χ3n) is 3.61. The lowest BCUT2D eigenvalue weighted by Crippen LogP contribution is -2.44. The summed E-state index contributed by atoms with van der Waals surface area (Å²) in [4.78, 5) is 7.59. The SMILES string of the molecule is OCC1CC(c2ccccc2N2CCNCC2)=NO1. The quantitative estimate of drug-likeness (QED) is 0.836. The molecule has 5 nitrogen and oxygen atoms in total. The van der Waals surface area contributed by atoms with Gasteiger partial charge in [0, 0.05) is 43.9 Å². The molecule has 1 fully saturated rings. The molecule has 5 heteroatoms. The number of aliphatic hydroxyl groups excluding tert-OH is 1. The summed E-state index contributed by atoms with van der Waals surface area (Å²) in [5.41, 5.74) is 3.28. The number of aliphatic hydroxyl groups is 1. The molecule has 0 spiro atoms. The molecule has 2 heterocycles. The van der Waals surface area contributed by atoms with Crippen LogP contribution in [0, 0.1) is 0 Å². The lowest BCUT2D eigenvalue weighted by Gasteiger charge is -2.31. The summed E-state index contributed by atoms with van der Waals surface area (Å²) in [7, 11) is 0. The van der Waals surface area contributed by atoms with Crippen LogP contribution in [-0.4, -0.2) is 49.7 Å². The maximum atomic E-state index is 9.13. The molecule has 1 saturated heterocycles. The van der Waals surface area contributed by atoms with Crippen LogP contribution in [0.4, 0.5) is 5.69 Å². The van der Waals surface area contributed by atoms with E-state index in [1.165, 1.54) is 5.69 Å². The maximum absolute atomic E-state index is 9.13. The van der Waals surface area contributed by atoms with Gasteiger partial charge in [-0.25, -0.2) is 0 Å². The molecular formula is C14H19N3O2. The standard InChI is InChI=1S/C14H19N3O2/c18-10-11-9-13(16-19-11)12-3-1-2-4-14(12)17-7-5-15-6-8-17/h1-4,11,15,18H,5-10H2. The summed E-state index contributed by atoms with van der Waals surface area (Å²) in [5.74, 6) is 0. The molecule has 0 saturated carbocycles. The highest BCUT2D eigenvalue weighted by Gasteiger charge is 2.24. The Morgan fingerprint density at radius 3 is 2.84 bits per heavy atom. The van der Waals surface area contributed by atoms with E-state index in [4.69, 9.17) is 9.94 Å². The summed E-state index contributed by atoms with van der Waals surface area (Å²) in [6.45, 7) is 4.05. The Labute approximate surface area is 112 Å². The minimum Gasteiger partial charge on any atom is -0.392 e. The topological polar surface area (TPSA) is 57.1 Å². The van der Waals surface area contributed by atoms with Gasteiger partial charge in [-0.05, 0) is 6.07 Å². The summed E-state index contributed by atoms with van der Waals surface area (Å²) in [6, 6.07) is 8.30. The second-order valence-corrected chi connectivity index (χ2v) is 4.91. The van der Waals surface area contributed by atoms with Gasteiger partial charge < -0.3 is 20.2 Å². The molecule has 2 aliphatic rings. The van der Waals surface area contributed by atoms with E-state index in [0.29, 0.717) is 6.42 Å². The zero-order valence-corrected chi connectivity index (χ0v) is 10.9. The van der Waals surface area contributed by atoms with Crippen LogP contribution < -0.4 is 10.2 Å². The largest absolute Gasteiger partial charge is 0.392 e. The molecule has 102 valence electrons. The molecule has 2 N–H and O–H groups in total. The first-order valence-electron chi connectivity index (χ1n) is 6.77. The Morgan fingerprint density at radius 1 is 1.32 bits per heavy atom. The molecule has 0 radical (unpaired) electrons. The number of hydrogen-bond donors (Lipinski definition) is 2. The molecule has 0 aromatic heterocycles. The minimum absolute atomic E-state index is 0.0167. The fraction of sp³-hybridized carbons (Fsp3) is 0.500. The summed E-state index contributed by atoms with van der Waals surface area (Å²) >= 11 is 0. The lowest BCUT2D eigenvalue weighted by molar-refractivity contribution is 0.0390. The van der Waals surface area contributed by atoms with E-state index in [-0.39, 0.29) is 12.7 Å². The highest BCUT2D eigenvalue weighted by molar-refractivity contribution is 6.05. The van der Waals surface area contributed by atoms with Gasteiger partial charge in [-0.1, -0.05) is 23.4 Å². The predicted molar refractivity (Wildman–Crippen MR) is 74.6 cm³/mol. The van der Waals surface area contributed by atoms with Crippen LogP contribution >= 0.6 is 0 Å². The molecule has 3 rings (SSSR count). The number of anilines is 1. The fourth-order valence-electron chi connectivity index (χ4n) is 2.58. The van der Waals surface area contributed by atoms with Crippen molar-refractivity contribution in [2.45, 2.75) is 12.5 Å². The number of oxime groups is 1. The van der Waals surface area contributed by atoms with Crippen molar-refractivity contribution in [2.75, 3.05) is 37.7 Å².